The van der Waals surface area contributed by atoms with Gasteiger partial charge in [0.05, 0.1) is 0 Å². The number of rotatable bonds is 6. The third-order valence-electron chi connectivity index (χ3n) is 1.24. The average molecular weight is 230 g/mol. The predicted molar refractivity (Wildman–Crippen MR) is 56.2 cm³/mol. The molecule has 0 aliphatic rings. The molecule has 72 valence electrons. The zero-order chi connectivity index (χ0) is 9.40. The van der Waals surface area contributed by atoms with Crippen molar-refractivity contribution >= 4 is 34.0 Å². The van der Waals surface area contributed by atoms with Gasteiger partial charge in [-0.05, 0) is 0 Å². The van der Waals surface area contributed by atoms with Crippen molar-refractivity contribution in [1.82, 2.24) is 5.32 Å². The molecular weight excluding hydrogens is 217 g/mol. The Labute approximate surface area is 85.8 Å². The second-order valence-electron chi connectivity index (χ2n) is 2.17. The van der Waals surface area contributed by atoms with Gasteiger partial charge in [-0.3, -0.25) is 4.21 Å². The maximum absolute atomic E-state index is 10.9. The van der Waals surface area contributed by atoms with Gasteiger partial charge in [-0.15, -0.1) is 0 Å². The Morgan fingerprint density at radius 1 is 1.67 bits per heavy atom. The van der Waals surface area contributed by atoms with Crippen molar-refractivity contribution in [3.8, 4) is 0 Å². The van der Waals surface area contributed by atoms with Gasteiger partial charge in [0.1, 0.15) is 0 Å². The summed E-state index contributed by atoms with van der Waals surface area (Å²) in [5.74, 6) is 1.38. The smallest absolute Gasteiger partial charge is 0.0431 e. The van der Waals surface area contributed by atoms with E-state index in [1.165, 1.54) is 5.54 Å². The van der Waals surface area contributed by atoms with Crippen molar-refractivity contribution in [3.63, 3.8) is 0 Å². The molecule has 12 heavy (non-hydrogen) atoms. The van der Waals surface area contributed by atoms with Crippen LogP contribution in [0, 0.1) is 0 Å². The number of nitrogens with one attached hydrogen (secondary N) is 1. The van der Waals surface area contributed by atoms with E-state index >= 15 is 0 Å². The summed E-state index contributed by atoms with van der Waals surface area (Å²) in [6.45, 7) is 3.16. The molecule has 1 atom stereocenters. The lowest BCUT2D eigenvalue weighted by Gasteiger charge is -2.01. The highest BCUT2D eigenvalue weighted by molar-refractivity contribution is 7.84. The summed E-state index contributed by atoms with van der Waals surface area (Å²) in [4.78, 5) is 0. The quantitative estimate of drug-likeness (QED) is 0.703. The fourth-order valence-electron chi connectivity index (χ4n) is 0.577. The highest BCUT2D eigenvalue weighted by Crippen LogP contribution is 1.99. The predicted octanol–water partition coefficient (Wildman–Crippen LogP) is 1.66. The molecule has 0 saturated carbocycles. The van der Waals surface area contributed by atoms with Gasteiger partial charge in [0.25, 0.3) is 0 Å². The van der Waals surface area contributed by atoms with E-state index in [2.05, 4.69) is 5.32 Å². The largest absolute Gasteiger partial charge is 0.311 e. The monoisotopic (exact) mass is 229 g/mol. The highest BCUT2D eigenvalue weighted by Gasteiger charge is 1.95. The van der Waals surface area contributed by atoms with Gasteiger partial charge in [-0.2, -0.15) is 0 Å². The van der Waals surface area contributed by atoms with E-state index < -0.39 is 10.8 Å². The van der Waals surface area contributed by atoms with Crippen LogP contribution in [0.1, 0.15) is 6.92 Å². The van der Waals surface area contributed by atoms with E-state index in [9.17, 15) is 4.21 Å². The van der Waals surface area contributed by atoms with Crippen molar-refractivity contribution in [3.05, 3.63) is 10.6 Å². The lowest BCUT2D eigenvalue weighted by atomic mass is 10.6. The summed E-state index contributed by atoms with van der Waals surface area (Å²) in [6.07, 6.45) is 0. The molecular formula is C7H13Cl2NOS. The summed E-state index contributed by atoms with van der Waals surface area (Å²) >= 11 is 10.9. The van der Waals surface area contributed by atoms with E-state index in [0.717, 1.165) is 0 Å². The molecule has 0 aliphatic heterocycles. The van der Waals surface area contributed by atoms with Crippen LogP contribution in [0.4, 0.5) is 0 Å². The van der Waals surface area contributed by atoms with Crippen LogP contribution in [0.2, 0.25) is 0 Å². The molecule has 0 aromatic rings. The summed E-state index contributed by atoms with van der Waals surface area (Å²) < 4.78 is 10.9. The first-order chi connectivity index (χ1) is 5.70. The van der Waals surface area contributed by atoms with E-state index in [-0.39, 0.29) is 0 Å². The molecule has 0 radical (unpaired) electrons. The van der Waals surface area contributed by atoms with Gasteiger partial charge in [-0.25, -0.2) is 0 Å². The molecule has 0 aromatic heterocycles. The molecule has 0 aromatic carbocycles. The number of halogens is 2. The normalized spacial score (nSPS) is 14.8. The second-order valence-corrected chi connectivity index (χ2v) is 4.73. The molecule has 1 unspecified atom stereocenters. The van der Waals surface area contributed by atoms with E-state index in [1.807, 2.05) is 6.92 Å². The van der Waals surface area contributed by atoms with Crippen molar-refractivity contribution < 1.29 is 4.21 Å². The molecule has 0 fully saturated rings. The Bertz CT molecular complexity index is 173. The first-order valence-corrected chi connectivity index (χ1v) is 6.01. The summed E-state index contributed by atoms with van der Waals surface area (Å²) in [5, 5.41) is 3.59. The number of hydrogen-bond acceptors (Lipinski definition) is 2. The summed E-state index contributed by atoms with van der Waals surface area (Å²) in [6, 6.07) is 0. The Hall–Kier alpha value is 0.430. The highest BCUT2D eigenvalue weighted by atomic mass is 35.5. The molecule has 0 bridgehead atoms. The first kappa shape index (κ1) is 12.4. The standard InChI is InChI=1S/C7H13Cl2NOS/c1-2-12(11)4-3-10-6-7(9)5-8/h5,10H,2-4,6H2,1H3. The third-order valence-corrected chi connectivity index (χ3v) is 3.16. The van der Waals surface area contributed by atoms with Crippen LogP contribution in [0.5, 0.6) is 0 Å². The summed E-state index contributed by atoms with van der Waals surface area (Å²) in [7, 11) is -0.702. The van der Waals surface area contributed by atoms with Crippen molar-refractivity contribution in [2.45, 2.75) is 6.92 Å². The van der Waals surface area contributed by atoms with Gasteiger partial charge >= 0.3 is 0 Å². The minimum absolute atomic E-state index is 0.548. The van der Waals surface area contributed by atoms with Gasteiger partial charge in [0, 0.05) is 46.0 Å². The average Bonchev–Trinajstić information content (AvgIpc) is 2.11. The first-order valence-electron chi connectivity index (χ1n) is 3.71. The maximum Gasteiger partial charge on any atom is 0.0431 e. The van der Waals surface area contributed by atoms with Crippen molar-refractivity contribution in [2.24, 2.45) is 0 Å². The van der Waals surface area contributed by atoms with Crippen LogP contribution >= 0.6 is 23.2 Å². The van der Waals surface area contributed by atoms with Crippen LogP contribution in [0.15, 0.2) is 10.6 Å². The van der Waals surface area contributed by atoms with Crippen LogP contribution in [-0.2, 0) is 10.8 Å². The fourth-order valence-corrected chi connectivity index (χ4v) is 1.41. The fraction of sp³-hybridized carbons (Fsp3) is 0.714. The zero-order valence-corrected chi connectivity index (χ0v) is 9.31. The van der Waals surface area contributed by atoms with E-state index in [1.54, 1.807) is 0 Å². The van der Waals surface area contributed by atoms with Crippen LogP contribution in [0.25, 0.3) is 0 Å². The van der Waals surface area contributed by atoms with Gasteiger partial charge < -0.3 is 5.32 Å². The molecule has 0 amide bonds. The molecule has 0 heterocycles. The Morgan fingerprint density at radius 2 is 2.33 bits per heavy atom. The third kappa shape index (κ3) is 7.10. The van der Waals surface area contributed by atoms with Crippen LogP contribution in [-0.4, -0.2) is 28.8 Å². The molecule has 0 aliphatic carbocycles. The van der Waals surface area contributed by atoms with Gasteiger partial charge in [0.2, 0.25) is 0 Å². The second kappa shape index (κ2) is 8.05. The Kier molecular flexibility index (Phi) is 8.34. The number of hydrogen-bond donors (Lipinski definition) is 1. The molecule has 5 heteroatoms. The van der Waals surface area contributed by atoms with Crippen LogP contribution < -0.4 is 5.32 Å². The van der Waals surface area contributed by atoms with E-state index in [4.69, 9.17) is 23.2 Å². The van der Waals surface area contributed by atoms with Crippen molar-refractivity contribution in [1.29, 1.82) is 0 Å². The lowest BCUT2D eigenvalue weighted by molar-refractivity contribution is 0.679. The molecule has 1 N–H and O–H groups in total. The zero-order valence-electron chi connectivity index (χ0n) is 6.98. The van der Waals surface area contributed by atoms with Gasteiger partial charge in [-0.1, -0.05) is 30.1 Å². The molecule has 0 rings (SSSR count). The van der Waals surface area contributed by atoms with Crippen molar-refractivity contribution in [2.75, 3.05) is 24.6 Å². The lowest BCUT2D eigenvalue weighted by Crippen LogP contribution is -2.22. The topological polar surface area (TPSA) is 29.1 Å². The molecule has 0 spiro atoms. The minimum atomic E-state index is -0.702. The SMILES string of the molecule is CCS(=O)CCNCC(Cl)=CCl. The molecule has 2 nitrogen and oxygen atoms in total. The Balaban J connectivity index is 3.27. The van der Waals surface area contributed by atoms with E-state index in [0.29, 0.717) is 29.6 Å². The van der Waals surface area contributed by atoms with Crippen LogP contribution in [0.3, 0.4) is 0 Å². The minimum Gasteiger partial charge on any atom is -0.311 e. The Morgan fingerprint density at radius 3 is 2.83 bits per heavy atom. The molecule has 0 saturated heterocycles. The van der Waals surface area contributed by atoms with Gasteiger partial charge in [0.15, 0.2) is 0 Å². The maximum atomic E-state index is 10.9. The summed E-state index contributed by atoms with van der Waals surface area (Å²) in [5.41, 5.74) is 1.32.